The molecule has 1 aromatic carbocycles. The number of amides is 1. The zero-order valence-electron chi connectivity index (χ0n) is 11.5. The van der Waals surface area contributed by atoms with Crippen molar-refractivity contribution < 1.29 is 18.0 Å². The quantitative estimate of drug-likeness (QED) is 0.875. The molecule has 0 saturated carbocycles. The third-order valence-corrected chi connectivity index (χ3v) is 2.73. The van der Waals surface area contributed by atoms with E-state index >= 15 is 0 Å². The molecule has 0 radical (unpaired) electrons. The summed E-state index contributed by atoms with van der Waals surface area (Å²) in [6.45, 7) is 3.50. The van der Waals surface area contributed by atoms with Gasteiger partial charge in [-0.25, -0.2) is 0 Å². The normalized spacial score (nSPS) is 13.9. The fraction of sp³-hybridized carbons (Fsp3) is 0.500. The molecule has 20 heavy (non-hydrogen) atoms. The molecule has 3 N–H and O–H groups in total. The number of benzene rings is 1. The van der Waals surface area contributed by atoms with E-state index in [-0.39, 0.29) is 12.1 Å². The van der Waals surface area contributed by atoms with Gasteiger partial charge in [0.2, 0.25) is 5.91 Å². The SMILES string of the molecule is CC(C)(N)CNC(=O)CC(c1ccccc1)C(F)(F)F. The highest BCUT2D eigenvalue weighted by Crippen LogP contribution is 2.37. The second kappa shape index (κ2) is 6.26. The van der Waals surface area contributed by atoms with Crippen LogP contribution < -0.4 is 11.1 Å². The summed E-state index contributed by atoms with van der Waals surface area (Å²) in [7, 11) is 0. The predicted molar refractivity (Wildman–Crippen MR) is 71.1 cm³/mol. The van der Waals surface area contributed by atoms with Crippen LogP contribution in [0.15, 0.2) is 30.3 Å². The summed E-state index contributed by atoms with van der Waals surface area (Å²) in [4.78, 5) is 11.7. The van der Waals surface area contributed by atoms with Gasteiger partial charge in [-0.05, 0) is 19.4 Å². The van der Waals surface area contributed by atoms with Crippen molar-refractivity contribution in [3.8, 4) is 0 Å². The Morgan fingerprint density at radius 3 is 2.25 bits per heavy atom. The lowest BCUT2D eigenvalue weighted by molar-refractivity contribution is -0.157. The number of carbonyl (C=O) groups is 1. The monoisotopic (exact) mass is 288 g/mol. The van der Waals surface area contributed by atoms with Crippen LogP contribution in [0.3, 0.4) is 0 Å². The van der Waals surface area contributed by atoms with Gasteiger partial charge in [-0.3, -0.25) is 4.79 Å². The van der Waals surface area contributed by atoms with Crippen molar-refractivity contribution in [1.29, 1.82) is 0 Å². The molecule has 1 atom stereocenters. The fourth-order valence-electron chi connectivity index (χ4n) is 1.69. The van der Waals surface area contributed by atoms with E-state index in [9.17, 15) is 18.0 Å². The maximum absolute atomic E-state index is 13.0. The van der Waals surface area contributed by atoms with E-state index in [1.54, 1.807) is 19.9 Å². The van der Waals surface area contributed by atoms with Crippen LogP contribution in [-0.4, -0.2) is 24.2 Å². The maximum Gasteiger partial charge on any atom is 0.396 e. The number of halogens is 3. The van der Waals surface area contributed by atoms with Gasteiger partial charge in [0, 0.05) is 18.5 Å². The van der Waals surface area contributed by atoms with Crippen LogP contribution in [-0.2, 0) is 4.79 Å². The first kappa shape index (κ1) is 16.5. The topological polar surface area (TPSA) is 55.1 Å². The Morgan fingerprint density at radius 2 is 1.80 bits per heavy atom. The minimum absolute atomic E-state index is 0.0853. The van der Waals surface area contributed by atoms with Gasteiger partial charge in [0.25, 0.3) is 0 Å². The molecule has 0 heterocycles. The van der Waals surface area contributed by atoms with Gasteiger partial charge in [0.15, 0.2) is 0 Å². The van der Waals surface area contributed by atoms with E-state index in [1.165, 1.54) is 24.3 Å². The second-order valence-electron chi connectivity index (χ2n) is 5.47. The predicted octanol–water partition coefficient (Wildman–Crippen LogP) is 2.58. The van der Waals surface area contributed by atoms with E-state index in [4.69, 9.17) is 5.73 Å². The Hall–Kier alpha value is -1.56. The standard InChI is InChI=1S/C14H19F3N2O/c1-13(2,18)9-19-12(20)8-11(14(15,16)17)10-6-4-3-5-7-10/h3-7,11H,8-9,18H2,1-2H3,(H,19,20). The molecule has 0 saturated heterocycles. The van der Waals surface area contributed by atoms with Gasteiger partial charge in [-0.15, -0.1) is 0 Å². The smallest absolute Gasteiger partial charge is 0.354 e. The molecule has 0 aliphatic rings. The number of hydrogen-bond acceptors (Lipinski definition) is 2. The van der Waals surface area contributed by atoms with Gasteiger partial charge in [0.05, 0.1) is 5.92 Å². The van der Waals surface area contributed by atoms with Crippen LogP contribution in [0.5, 0.6) is 0 Å². The Labute approximate surface area is 116 Å². The highest BCUT2D eigenvalue weighted by atomic mass is 19.4. The molecule has 0 bridgehead atoms. The number of nitrogens with one attached hydrogen (secondary N) is 1. The average molecular weight is 288 g/mol. The highest BCUT2D eigenvalue weighted by Gasteiger charge is 2.41. The minimum atomic E-state index is -4.46. The molecule has 1 rings (SSSR count). The molecule has 0 aliphatic heterocycles. The molecule has 1 unspecified atom stereocenters. The van der Waals surface area contributed by atoms with Crippen molar-refractivity contribution in [2.45, 2.75) is 37.9 Å². The average Bonchev–Trinajstić information content (AvgIpc) is 2.32. The van der Waals surface area contributed by atoms with Gasteiger partial charge in [0.1, 0.15) is 0 Å². The van der Waals surface area contributed by atoms with Crippen LogP contribution in [0.1, 0.15) is 31.7 Å². The first-order valence-electron chi connectivity index (χ1n) is 6.27. The van der Waals surface area contributed by atoms with Crippen LogP contribution in [0.2, 0.25) is 0 Å². The van der Waals surface area contributed by atoms with Gasteiger partial charge in [-0.2, -0.15) is 13.2 Å². The van der Waals surface area contributed by atoms with Crippen molar-refractivity contribution in [3.63, 3.8) is 0 Å². The zero-order valence-corrected chi connectivity index (χ0v) is 11.5. The van der Waals surface area contributed by atoms with Crippen LogP contribution in [0.4, 0.5) is 13.2 Å². The highest BCUT2D eigenvalue weighted by molar-refractivity contribution is 5.77. The number of hydrogen-bond donors (Lipinski definition) is 2. The Bertz CT molecular complexity index is 438. The summed E-state index contributed by atoms with van der Waals surface area (Å²) in [5, 5.41) is 2.43. The summed E-state index contributed by atoms with van der Waals surface area (Å²) in [6, 6.07) is 7.43. The molecule has 0 aliphatic carbocycles. The fourth-order valence-corrected chi connectivity index (χ4v) is 1.69. The van der Waals surface area contributed by atoms with Crippen molar-refractivity contribution in [3.05, 3.63) is 35.9 Å². The first-order valence-corrected chi connectivity index (χ1v) is 6.27. The summed E-state index contributed by atoms with van der Waals surface area (Å²) in [5.41, 5.74) is 5.10. The Balaban J connectivity index is 2.75. The summed E-state index contributed by atoms with van der Waals surface area (Å²) in [5.74, 6) is -2.46. The Kier molecular flexibility index (Phi) is 5.16. The van der Waals surface area contributed by atoms with Crippen molar-refractivity contribution >= 4 is 5.91 Å². The molecule has 0 aromatic heterocycles. The molecule has 0 fully saturated rings. The third kappa shape index (κ3) is 5.61. The van der Waals surface area contributed by atoms with Crippen molar-refractivity contribution in [1.82, 2.24) is 5.32 Å². The largest absolute Gasteiger partial charge is 0.396 e. The van der Waals surface area contributed by atoms with E-state index < -0.39 is 30.0 Å². The van der Waals surface area contributed by atoms with Crippen molar-refractivity contribution in [2.24, 2.45) is 5.73 Å². The summed E-state index contributed by atoms with van der Waals surface area (Å²) < 4.78 is 39.1. The molecular formula is C14H19F3N2O. The molecule has 3 nitrogen and oxygen atoms in total. The Morgan fingerprint density at radius 1 is 1.25 bits per heavy atom. The first-order chi connectivity index (χ1) is 9.09. The second-order valence-corrected chi connectivity index (χ2v) is 5.47. The molecule has 0 spiro atoms. The summed E-state index contributed by atoms with van der Waals surface area (Å²) in [6.07, 6.45) is -5.10. The number of carbonyl (C=O) groups excluding carboxylic acids is 1. The van der Waals surface area contributed by atoms with Crippen LogP contribution >= 0.6 is 0 Å². The van der Waals surface area contributed by atoms with Crippen molar-refractivity contribution in [2.75, 3.05) is 6.54 Å². The van der Waals surface area contributed by atoms with E-state index in [0.29, 0.717) is 0 Å². The van der Waals surface area contributed by atoms with Gasteiger partial charge >= 0.3 is 6.18 Å². The van der Waals surface area contributed by atoms with Crippen LogP contribution in [0, 0.1) is 0 Å². The van der Waals surface area contributed by atoms with Gasteiger partial charge in [-0.1, -0.05) is 30.3 Å². The summed E-state index contributed by atoms with van der Waals surface area (Å²) >= 11 is 0. The van der Waals surface area contributed by atoms with Crippen LogP contribution in [0.25, 0.3) is 0 Å². The van der Waals surface area contributed by atoms with E-state index in [1.807, 2.05) is 0 Å². The zero-order chi connectivity index (χ0) is 15.4. The molecule has 6 heteroatoms. The number of rotatable bonds is 5. The third-order valence-electron chi connectivity index (χ3n) is 2.73. The number of nitrogens with two attached hydrogens (primary N) is 1. The van der Waals surface area contributed by atoms with Gasteiger partial charge < -0.3 is 11.1 Å². The van der Waals surface area contributed by atoms with E-state index in [2.05, 4.69) is 5.32 Å². The molecule has 1 aromatic rings. The van der Waals surface area contributed by atoms with E-state index in [0.717, 1.165) is 0 Å². The minimum Gasteiger partial charge on any atom is -0.354 e. The number of alkyl halides is 3. The lowest BCUT2D eigenvalue weighted by atomic mass is 9.94. The molecular weight excluding hydrogens is 269 g/mol. The molecule has 1 amide bonds. The lowest BCUT2D eigenvalue weighted by Crippen LogP contribution is -2.45. The maximum atomic E-state index is 13.0. The lowest BCUT2D eigenvalue weighted by Gasteiger charge is -2.22. The molecule has 112 valence electrons.